The van der Waals surface area contributed by atoms with Crippen molar-refractivity contribution in [1.82, 2.24) is 10.7 Å². The van der Waals surface area contributed by atoms with E-state index in [0.717, 1.165) is 22.5 Å². The van der Waals surface area contributed by atoms with Crippen LogP contribution in [0.2, 0.25) is 0 Å². The number of benzene rings is 1. The number of allylic oxidation sites excluding steroid dienone is 1. The Morgan fingerprint density at radius 3 is 2.59 bits per heavy atom. The molecule has 0 aliphatic carbocycles. The molecule has 17 heavy (non-hydrogen) atoms. The highest BCUT2D eigenvalue weighted by Crippen LogP contribution is 2.13. The van der Waals surface area contributed by atoms with Gasteiger partial charge in [0.15, 0.2) is 0 Å². The zero-order valence-corrected chi connectivity index (χ0v) is 10.6. The molecule has 3 nitrogen and oxygen atoms in total. The van der Waals surface area contributed by atoms with Gasteiger partial charge < -0.3 is 10.7 Å². The fourth-order valence-electron chi connectivity index (χ4n) is 1.54. The molecule has 4 heteroatoms. The molecule has 0 saturated carbocycles. The molecule has 0 bridgehead atoms. The van der Waals surface area contributed by atoms with Crippen molar-refractivity contribution in [2.45, 2.75) is 13.8 Å². The van der Waals surface area contributed by atoms with Crippen LogP contribution in [-0.4, -0.2) is 19.8 Å². The zero-order valence-electron chi connectivity index (χ0n) is 10.6. The van der Waals surface area contributed by atoms with E-state index in [1.807, 2.05) is 27.0 Å². The molecule has 0 spiro atoms. The number of hydrogen-bond donors (Lipinski definition) is 2. The van der Waals surface area contributed by atoms with Crippen LogP contribution in [0.5, 0.6) is 0 Å². The lowest BCUT2D eigenvalue weighted by Crippen LogP contribution is -2.15. The van der Waals surface area contributed by atoms with Crippen molar-refractivity contribution in [3.8, 4) is 0 Å². The molecule has 0 aliphatic rings. The second-order valence-corrected chi connectivity index (χ2v) is 3.73. The van der Waals surface area contributed by atoms with Gasteiger partial charge in [0.25, 0.3) is 0 Å². The van der Waals surface area contributed by atoms with Crippen molar-refractivity contribution >= 4 is 11.8 Å². The number of hydrazone groups is 1. The van der Waals surface area contributed by atoms with Crippen LogP contribution in [0, 0.1) is 12.7 Å². The Labute approximate surface area is 101 Å². The smallest absolute Gasteiger partial charge is 0.123 e. The van der Waals surface area contributed by atoms with Gasteiger partial charge in [-0.3, -0.25) is 0 Å². The van der Waals surface area contributed by atoms with Gasteiger partial charge in [0, 0.05) is 14.1 Å². The number of aryl methyl sites for hydroxylation is 1. The largest absolute Gasteiger partial charge is 0.387 e. The highest BCUT2D eigenvalue weighted by molar-refractivity contribution is 6.01. The molecule has 92 valence electrons. The predicted molar refractivity (Wildman–Crippen MR) is 70.3 cm³/mol. The van der Waals surface area contributed by atoms with Gasteiger partial charge in [-0.15, -0.1) is 0 Å². The lowest BCUT2D eigenvalue weighted by molar-refractivity contribution is 0.626. The Kier molecular flexibility index (Phi) is 4.69. The summed E-state index contributed by atoms with van der Waals surface area (Å²) < 4.78 is 13.0. The van der Waals surface area contributed by atoms with Crippen LogP contribution in [0.3, 0.4) is 0 Å². The van der Waals surface area contributed by atoms with E-state index in [1.54, 1.807) is 13.1 Å². The van der Waals surface area contributed by atoms with E-state index >= 15 is 0 Å². The highest BCUT2D eigenvalue weighted by Gasteiger charge is 2.02. The van der Waals surface area contributed by atoms with Gasteiger partial charge in [-0.2, -0.15) is 5.10 Å². The zero-order chi connectivity index (χ0) is 12.8. The summed E-state index contributed by atoms with van der Waals surface area (Å²) in [5.74, 6) is -0.216. The Hall–Kier alpha value is -1.84. The van der Waals surface area contributed by atoms with Gasteiger partial charge in [0.1, 0.15) is 5.82 Å². The SMILES string of the molecule is CN/N=C(C)/C(=C/c1ccc(F)cc1C)NC. The maximum absolute atomic E-state index is 13.0. The Balaban J connectivity index is 3.10. The van der Waals surface area contributed by atoms with Crippen LogP contribution in [0.25, 0.3) is 6.08 Å². The minimum absolute atomic E-state index is 0.216. The van der Waals surface area contributed by atoms with Crippen LogP contribution in [0.15, 0.2) is 29.0 Å². The van der Waals surface area contributed by atoms with Crippen molar-refractivity contribution in [3.05, 3.63) is 40.8 Å². The quantitative estimate of drug-likeness (QED) is 0.620. The summed E-state index contributed by atoms with van der Waals surface area (Å²) in [5.41, 5.74) is 6.35. The van der Waals surface area contributed by atoms with Crippen LogP contribution in [0.4, 0.5) is 4.39 Å². The minimum atomic E-state index is -0.216. The molecule has 2 N–H and O–H groups in total. The average Bonchev–Trinajstić information content (AvgIpc) is 2.28. The molecule has 0 heterocycles. The molecule has 0 radical (unpaired) electrons. The fraction of sp³-hybridized carbons (Fsp3) is 0.308. The van der Waals surface area contributed by atoms with E-state index in [9.17, 15) is 4.39 Å². The molecule has 0 amide bonds. The van der Waals surface area contributed by atoms with Crippen molar-refractivity contribution in [1.29, 1.82) is 0 Å². The molecule has 0 aromatic heterocycles. The molecule has 0 unspecified atom stereocenters. The lowest BCUT2D eigenvalue weighted by atomic mass is 10.1. The number of nitrogens with zero attached hydrogens (tertiary/aromatic N) is 1. The summed E-state index contributed by atoms with van der Waals surface area (Å²) >= 11 is 0. The van der Waals surface area contributed by atoms with E-state index in [0.29, 0.717) is 0 Å². The molecular weight excluding hydrogens is 217 g/mol. The molecular formula is C13H18FN3. The first-order valence-corrected chi connectivity index (χ1v) is 5.45. The number of rotatable bonds is 4. The number of hydrogen-bond acceptors (Lipinski definition) is 3. The average molecular weight is 235 g/mol. The molecule has 0 fully saturated rings. The number of halogens is 1. The maximum Gasteiger partial charge on any atom is 0.123 e. The molecule has 1 rings (SSSR count). The first-order chi connectivity index (χ1) is 8.08. The predicted octanol–water partition coefficient (Wildman–Crippen LogP) is 2.29. The normalized spacial score (nSPS) is 12.5. The van der Waals surface area contributed by atoms with Gasteiger partial charge in [0.05, 0.1) is 11.4 Å². The molecule has 0 atom stereocenters. The van der Waals surface area contributed by atoms with Gasteiger partial charge in [-0.05, 0) is 43.2 Å². The third-order valence-corrected chi connectivity index (χ3v) is 2.47. The van der Waals surface area contributed by atoms with E-state index < -0.39 is 0 Å². The van der Waals surface area contributed by atoms with Gasteiger partial charge >= 0.3 is 0 Å². The lowest BCUT2D eigenvalue weighted by Gasteiger charge is -2.08. The van der Waals surface area contributed by atoms with Crippen LogP contribution < -0.4 is 10.7 Å². The highest BCUT2D eigenvalue weighted by atomic mass is 19.1. The van der Waals surface area contributed by atoms with Gasteiger partial charge in [-0.25, -0.2) is 4.39 Å². The molecule has 1 aromatic rings. The van der Waals surface area contributed by atoms with Crippen molar-refractivity contribution in [2.75, 3.05) is 14.1 Å². The molecule has 0 saturated heterocycles. The summed E-state index contributed by atoms with van der Waals surface area (Å²) in [4.78, 5) is 0. The van der Waals surface area contributed by atoms with E-state index in [2.05, 4.69) is 15.8 Å². The Bertz CT molecular complexity index is 450. The minimum Gasteiger partial charge on any atom is -0.387 e. The van der Waals surface area contributed by atoms with Gasteiger partial charge in [0.2, 0.25) is 0 Å². The third-order valence-electron chi connectivity index (χ3n) is 2.47. The van der Waals surface area contributed by atoms with Crippen molar-refractivity contribution < 1.29 is 4.39 Å². The third kappa shape index (κ3) is 3.59. The van der Waals surface area contributed by atoms with E-state index in [-0.39, 0.29) is 5.82 Å². The summed E-state index contributed by atoms with van der Waals surface area (Å²) in [6, 6.07) is 4.73. The summed E-state index contributed by atoms with van der Waals surface area (Å²) in [6.45, 7) is 3.78. The second-order valence-electron chi connectivity index (χ2n) is 3.73. The summed E-state index contributed by atoms with van der Waals surface area (Å²) in [7, 11) is 3.58. The molecule has 1 aromatic carbocycles. The Morgan fingerprint density at radius 2 is 2.06 bits per heavy atom. The standard InChI is InChI=1S/C13H18FN3/c1-9-7-12(14)6-5-11(9)8-13(15-3)10(2)17-16-4/h5-8,15-16H,1-4H3/b13-8-,17-10+. The Morgan fingerprint density at radius 1 is 1.35 bits per heavy atom. The maximum atomic E-state index is 13.0. The summed E-state index contributed by atoms with van der Waals surface area (Å²) in [5, 5.41) is 7.17. The summed E-state index contributed by atoms with van der Waals surface area (Å²) in [6.07, 6.45) is 1.95. The first kappa shape index (κ1) is 13.2. The second kappa shape index (κ2) is 6.03. The van der Waals surface area contributed by atoms with Crippen LogP contribution in [-0.2, 0) is 0 Å². The molecule has 0 aliphatic heterocycles. The van der Waals surface area contributed by atoms with E-state index in [1.165, 1.54) is 12.1 Å². The number of nitrogens with one attached hydrogen (secondary N) is 2. The monoisotopic (exact) mass is 235 g/mol. The van der Waals surface area contributed by atoms with Crippen molar-refractivity contribution in [3.63, 3.8) is 0 Å². The topological polar surface area (TPSA) is 36.4 Å². The van der Waals surface area contributed by atoms with Crippen LogP contribution >= 0.6 is 0 Å². The van der Waals surface area contributed by atoms with Crippen molar-refractivity contribution in [2.24, 2.45) is 5.10 Å². The van der Waals surface area contributed by atoms with Gasteiger partial charge in [-0.1, -0.05) is 6.07 Å². The fourth-order valence-corrected chi connectivity index (χ4v) is 1.54. The van der Waals surface area contributed by atoms with E-state index in [4.69, 9.17) is 0 Å². The van der Waals surface area contributed by atoms with Crippen LogP contribution in [0.1, 0.15) is 18.1 Å². The first-order valence-electron chi connectivity index (χ1n) is 5.45.